The lowest BCUT2D eigenvalue weighted by Gasteiger charge is -2.19. The molecule has 0 bridgehead atoms. The van der Waals surface area contributed by atoms with Gasteiger partial charge in [0.1, 0.15) is 5.82 Å². The van der Waals surface area contributed by atoms with Gasteiger partial charge in [-0.3, -0.25) is 0 Å². The third-order valence-electron chi connectivity index (χ3n) is 2.47. The SMILES string of the molecule is CN(C)CCNC(CO)c1ccc(Br)cc1F. The summed E-state index contributed by atoms with van der Waals surface area (Å²) in [6.07, 6.45) is 0. The molecular formula is C12H18BrFN2O. The van der Waals surface area contributed by atoms with E-state index >= 15 is 0 Å². The largest absolute Gasteiger partial charge is 0.394 e. The fraction of sp³-hybridized carbons (Fsp3) is 0.500. The normalized spacial score (nSPS) is 13.1. The Bertz CT molecular complexity index is 360. The maximum atomic E-state index is 13.7. The van der Waals surface area contributed by atoms with Gasteiger partial charge in [-0.15, -0.1) is 0 Å². The third-order valence-corrected chi connectivity index (χ3v) is 2.96. The lowest BCUT2D eigenvalue weighted by Crippen LogP contribution is -2.32. The van der Waals surface area contributed by atoms with E-state index in [1.807, 2.05) is 19.0 Å². The Kier molecular flexibility index (Phi) is 6.05. The molecule has 1 unspecified atom stereocenters. The van der Waals surface area contributed by atoms with Crippen molar-refractivity contribution in [1.29, 1.82) is 0 Å². The van der Waals surface area contributed by atoms with Gasteiger partial charge in [-0.2, -0.15) is 0 Å². The molecule has 0 aliphatic rings. The van der Waals surface area contributed by atoms with E-state index in [-0.39, 0.29) is 18.5 Å². The summed E-state index contributed by atoms with van der Waals surface area (Å²) in [5, 5.41) is 12.4. The van der Waals surface area contributed by atoms with Crippen molar-refractivity contribution in [2.75, 3.05) is 33.8 Å². The number of likely N-dealkylation sites (N-methyl/N-ethyl adjacent to an activating group) is 1. The van der Waals surface area contributed by atoms with Crippen LogP contribution in [0, 0.1) is 5.82 Å². The van der Waals surface area contributed by atoms with Gasteiger partial charge in [0, 0.05) is 23.1 Å². The Labute approximate surface area is 110 Å². The first-order chi connectivity index (χ1) is 8.04. The summed E-state index contributed by atoms with van der Waals surface area (Å²) >= 11 is 3.21. The van der Waals surface area contributed by atoms with Gasteiger partial charge in [0.2, 0.25) is 0 Å². The number of halogens is 2. The third kappa shape index (κ3) is 4.71. The number of hydrogen-bond donors (Lipinski definition) is 2. The van der Waals surface area contributed by atoms with Crippen molar-refractivity contribution in [1.82, 2.24) is 10.2 Å². The zero-order valence-electron chi connectivity index (χ0n) is 10.1. The van der Waals surface area contributed by atoms with Gasteiger partial charge in [-0.05, 0) is 26.2 Å². The zero-order valence-corrected chi connectivity index (χ0v) is 11.7. The molecular weight excluding hydrogens is 287 g/mol. The fourth-order valence-electron chi connectivity index (χ4n) is 1.52. The average molecular weight is 305 g/mol. The second-order valence-electron chi connectivity index (χ2n) is 4.16. The van der Waals surface area contributed by atoms with Crippen molar-refractivity contribution in [3.05, 3.63) is 34.1 Å². The van der Waals surface area contributed by atoms with E-state index in [1.54, 1.807) is 12.1 Å². The van der Waals surface area contributed by atoms with Gasteiger partial charge in [0.25, 0.3) is 0 Å². The first kappa shape index (κ1) is 14.6. The van der Waals surface area contributed by atoms with Gasteiger partial charge >= 0.3 is 0 Å². The molecule has 1 aromatic rings. The molecule has 0 saturated carbocycles. The molecule has 0 aliphatic carbocycles. The molecule has 0 fully saturated rings. The Morgan fingerprint density at radius 1 is 1.47 bits per heavy atom. The van der Waals surface area contributed by atoms with Crippen molar-refractivity contribution in [2.45, 2.75) is 6.04 Å². The molecule has 3 nitrogen and oxygen atoms in total. The minimum atomic E-state index is -0.358. The molecule has 96 valence electrons. The van der Waals surface area contributed by atoms with Crippen LogP contribution in [0.2, 0.25) is 0 Å². The fourth-order valence-corrected chi connectivity index (χ4v) is 1.85. The second kappa shape index (κ2) is 7.06. The van der Waals surface area contributed by atoms with E-state index in [1.165, 1.54) is 6.07 Å². The maximum absolute atomic E-state index is 13.7. The number of hydrogen-bond acceptors (Lipinski definition) is 3. The Balaban J connectivity index is 2.66. The van der Waals surface area contributed by atoms with E-state index in [0.29, 0.717) is 16.6 Å². The van der Waals surface area contributed by atoms with Crippen LogP contribution in [-0.4, -0.2) is 43.8 Å². The molecule has 0 saturated heterocycles. The number of rotatable bonds is 6. The summed E-state index contributed by atoms with van der Waals surface area (Å²) in [6.45, 7) is 1.42. The van der Waals surface area contributed by atoms with Gasteiger partial charge in [0.05, 0.1) is 12.6 Å². The number of aliphatic hydroxyl groups is 1. The Morgan fingerprint density at radius 3 is 2.71 bits per heavy atom. The van der Waals surface area contributed by atoms with Crippen LogP contribution >= 0.6 is 15.9 Å². The molecule has 17 heavy (non-hydrogen) atoms. The predicted molar refractivity (Wildman–Crippen MR) is 70.5 cm³/mol. The summed E-state index contributed by atoms with van der Waals surface area (Å²) in [5.74, 6) is -0.309. The molecule has 0 aromatic heterocycles. The monoisotopic (exact) mass is 304 g/mol. The first-order valence-electron chi connectivity index (χ1n) is 5.48. The summed E-state index contributed by atoms with van der Waals surface area (Å²) in [5.41, 5.74) is 0.495. The summed E-state index contributed by atoms with van der Waals surface area (Å²) < 4.78 is 14.4. The average Bonchev–Trinajstić information content (AvgIpc) is 2.25. The van der Waals surface area contributed by atoms with E-state index in [4.69, 9.17) is 0 Å². The molecule has 1 aromatic carbocycles. The molecule has 2 N–H and O–H groups in total. The highest BCUT2D eigenvalue weighted by molar-refractivity contribution is 9.10. The Hall–Kier alpha value is -0.490. The van der Waals surface area contributed by atoms with Gasteiger partial charge in [-0.1, -0.05) is 22.0 Å². The molecule has 0 radical (unpaired) electrons. The van der Waals surface area contributed by atoms with Crippen LogP contribution in [0.1, 0.15) is 11.6 Å². The molecule has 0 spiro atoms. The first-order valence-corrected chi connectivity index (χ1v) is 6.28. The van der Waals surface area contributed by atoms with Crippen molar-refractivity contribution in [3.63, 3.8) is 0 Å². The van der Waals surface area contributed by atoms with Crippen LogP contribution in [0.25, 0.3) is 0 Å². The quantitative estimate of drug-likeness (QED) is 0.841. The molecule has 5 heteroatoms. The van der Waals surface area contributed by atoms with E-state index in [0.717, 1.165) is 6.54 Å². The van der Waals surface area contributed by atoms with Crippen molar-refractivity contribution in [2.24, 2.45) is 0 Å². The molecule has 1 atom stereocenters. The smallest absolute Gasteiger partial charge is 0.129 e. The van der Waals surface area contributed by atoms with Crippen LogP contribution in [0.15, 0.2) is 22.7 Å². The maximum Gasteiger partial charge on any atom is 0.129 e. The van der Waals surface area contributed by atoms with Crippen molar-refractivity contribution >= 4 is 15.9 Å². The molecule has 1 rings (SSSR count). The van der Waals surface area contributed by atoms with Crippen molar-refractivity contribution in [3.8, 4) is 0 Å². The van der Waals surface area contributed by atoms with Gasteiger partial charge in [-0.25, -0.2) is 4.39 Å². The van der Waals surface area contributed by atoms with Crippen LogP contribution in [-0.2, 0) is 0 Å². The zero-order chi connectivity index (χ0) is 12.8. The number of nitrogens with zero attached hydrogens (tertiary/aromatic N) is 1. The molecule has 0 amide bonds. The van der Waals surface area contributed by atoms with Crippen LogP contribution in [0.4, 0.5) is 4.39 Å². The lowest BCUT2D eigenvalue weighted by atomic mass is 10.1. The minimum absolute atomic E-state index is 0.119. The highest BCUT2D eigenvalue weighted by atomic mass is 79.9. The topological polar surface area (TPSA) is 35.5 Å². The van der Waals surface area contributed by atoms with Crippen LogP contribution in [0.3, 0.4) is 0 Å². The van der Waals surface area contributed by atoms with Crippen LogP contribution in [0.5, 0.6) is 0 Å². The lowest BCUT2D eigenvalue weighted by molar-refractivity contribution is 0.237. The standard InChI is InChI=1S/C12H18BrFN2O/c1-16(2)6-5-15-12(8-17)10-4-3-9(13)7-11(10)14/h3-4,7,12,15,17H,5-6,8H2,1-2H3. The number of benzene rings is 1. The number of aliphatic hydroxyl groups excluding tert-OH is 1. The molecule has 0 heterocycles. The second-order valence-corrected chi connectivity index (χ2v) is 5.07. The van der Waals surface area contributed by atoms with Crippen LogP contribution < -0.4 is 5.32 Å². The minimum Gasteiger partial charge on any atom is -0.394 e. The molecule has 0 aliphatic heterocycles. The van der Waals surface area contributed by atoms with E-state index < -0.39 is 0 Å². The van der Waals surface area contributed by atoms with Gasteiger partial charge in [0.15, 0.2) is 0 Å². The Morgan fingerprint density at radius 2 is 2.18 bits per heavy atom. The highest BCUT2D eigenvalue weighted by Crippen LogP contribution is 2.20. The highest BCUT2D eigenvalue weighted by Gasteiger charge is 2.14. The van der Waals surface area contributed by atoms with E-state index in [9.17, 15) is 9.50 Å². The summed E-state index contributed by atoms with van der Waals surface area (Å²) in [7, 11) is 3.94. The van der Waals surface area contributed by atoms with Gasteiger partial charge < -0.3 is 15.3 Å². The van der Waals surface area contributed by atoms with Crippen molar-refractivity contribution < 1.29 is 9.50 Å². The summed E-state index contributed by atoms with van der Waals surface area (Å²) in [6, 6.07) is 4.51. The summed E-state index contributed by atoms with van der Waals surface area (Å²) in [4.78, 5) is 2.03. The number of nitrogens with one attached hydrogen (secondary N) is 1. The predicted octanol–water partition coefficient (Wildman–Crippen LogP) is 1.77. The van der Waals surface area contributed by atoms with E-state index in [2.05, 4.69) is 21.2 Å².